The quantitative estimate of drug-likeness (QED) is 0.881. The highest BCUT2D eigenvalue weighted by Gasteiger charge is 2.11. The van der Waals surface area contributed by atoms with Crippen LogP contribution >= 0.6 is 0 Å². The van der Waals surface area contributed by atoms with Crippen molar-refractivity contribution in [1.82, 2.24) is 15.5 Å². The van der Waals surface area contributed by atoms with Crippen molar-refractivity contribution >= 4 is 5.91 Å². The minimum atomic E-state index is -0.310. The van der Waals surface area contributed by atoms with Gasteiger partial charge < -0.3 is 5.32 Å². The fourth-order valence-corrected chi connectivity index (χ4v) is 1.94. The highest BCUT2D eigenvalue weighted by molar-refractivity contribution is 5.92. The minimum absolute atomic E-state index is 0.263. The molecule has 0 atom stereocenters. The second-order valence-corrected chi connectivity index (χ2v) is 5.19. The third-order valence-corrected chi connectivity index (χ3v) is 2.83. The van der Waals surface area contributed by atoms with Crippen LogP contribution in [0.15, 0.2) is 30.3 Å². The predicted molar refractivity (Wildman–Crippen MR) is 74.7 cm³/mol. The molecule has 0 saturated carbocycles. The molecule has 0 saturated heterocycles. The van der Waals surface area contributed by atoms with Gasteiger partial charge >= 0.3 is 0 Å². The molecule has 1 aromatic carbocycles. The van der Waals surface area contributed by atoms with Crippen LogP contribution < -0.4 is 5.32 Å². The van der Waals surface area contributed by atoms with Gasteiger partial charge in [-0.3, -0.25) is 9.89 Å². The maximum Gasteiger partial charge on any atom is 0.272 e. The maximum absolute atomic E-state index is 13.0. The SMILES string of the molecule is CC(C)Cc1cc(C(=O)NCc2cccc(F)c2)n[nH]1. The van der Waals surface area contributed by atoms with Gasteiger partial charge in [0.1, 0.15) is 11.5 Å². The van der Waals surface area contributed by atoms with E-state index in [4.69, 9.17) is 0 Å². The lowest BCUT2D eigenvalue weighted by molar-refractivity contribution is 0.0946. The minimum Gasteiger partial charge on any atom is -0.347 e. The Hall–Kier alpha value is -2.17. The van der Waals surface area contributed by atoms with E-state index in [2.05, 4.69) is 29.4 Å². The first-order chi connectivity index (χ1) is 9.54. The summed E-state index contributed by atoms with van der Waals surface area (Å²) in [6.07, 6.45) is 0.851. The fourth-order valence-electron chi connectivity index (χ4n) is 1.94. The molecule has 0 fully saturated rings. The summed E-state index contributed by atoms with van der Waals surface area (Å²) < 4.78 is 13.0. The summed E-state index contributed by atoms with van der Waals surface area (Å²) >= 11 is 0. The van der Waals surface area contributed by atoms with Crippen molar-refractivity contribution in [2.24, 2.45) is 5.92 Å². The molecule has 1 heterocycles. The van der Waals surface area contributed by atoms with E-state index in [-0.39, 0.29) is 18.3 Å². The second-order valence-electron chi connectivity index (χ2n) is 5.19. The Bertz CT molecular complexity index is 592. The van der Waals surface area contributed by atoms with E-state index in [0.717, 1.165) is 17.7 Å². The first-order valence-corrected chi connectivity index (χ1v) is 6.61. The Labute approximate surface area is 117 Å². The van der Waals surface area contributed by atoms with E-state index in [9.17, 15) is 9.18 Å². The van der Waals surface area contributed by atoms with Gasteiger partial charge in [0.15, 0.2) is 0 Å². The van der Waals surface area contributed by atoms with Crippen molar-refractivity contribution in [3.05, 3.63) is 53.1 Å². The number of carbonyl (C=O) groups excluding carboxylic acids is 1. The van der Waals surface area contributed by atoms with Crippen LogP contribution in [-0.2, 0) is 13.0 Å². The number of halogens is 1. The van der Waals surface area contributed by atoms with Crippen LogP contribution in [0.4, 0.5) is 4.39 Å². The average molecular weight is 275 g/mol. The van der Waals surface area contributed by atoms with Crippen molar-refractivity contribution in [3.63, 3.8) is 0 Å². The van der Waals surface area contributed by atoms with Crippen LogP contribution in [0, 0.1) is 11.7 Å². The molecule has 2 rings (SSSR count). The first kappa shape index (κ1) is 14.2. The van der Waals surface area contributed by atoms with Crippen molar-refractivity contribution in [2.45, 2.75) is 26.8 Å². The number of nitrogens with one attached hydrogen (secondary N) is 2. The van der Waals surface area contributed by atoms with Crippen LogP contribution in [-0.4, -0.2) is 16.1 Å². The van der Waals surface area contributed by atoms with Gasteiger partial charge in [0.05, 0.1) is 0 Å². The summed E-state index contributed by atoms with van der Waals surface area (Å²) in [4.78, 5) is 11.9. The molecule has 0 unspecified atom stereocenters. The first-order valence-electron chi connectivity index (χ1n) is 6.61. The van der Waals surface area contributed by atoms with Gasteiger partial charge in [-0.05, 0) is 36.1 Å². The van der Waals surface area contributed by atoms with E-state index >= 15 is 0 Å². The molecular weight excluding hydrogens is 257 g/mol. The van der Waals surface area contributed by atoms with Crippen LogP contribution in [0.2, 0.25) is 0 Å². The molecule has 0 aliphatic carbocycles. The Kier molecular flexibility index (Phi) is 4.50. The van der Waals surface area contributed by atoms with Crippen molar-refractivity contribution in [2.75, 3.05) is 0 Å². The average Bonchev–Trinajstić information content (AvgIpc) is 2.84. The van der Waals surface area contributed by atoms with Crippen molar-refractivity contribution < 1.29 is 9.18 Å². The number of carbonyl (C=O) groups is 1. The van der Waals surface area contributed by atoms with Crippen molar-refractivity contribution in [3.8, 4) is 0 Å². The summed E-state index contributed by atoms with van der Waals surface area (Å²) in [6.45, 7) is 4.48. The van der Waals surface area contributed by atoms with Crippen LogP contribution in [0.25, 0.3) is 0 Å². The zero-order chi connectivity index (χ0) is 14.5. The number of rotatable bonds is 5. The molecule has 4 nitrogen and oxygen atoms in total. The Morgan fingerprint density at radius 2 is 2.20 bits per heavy atom. The van der Waals surface area contributed by atoms with E-state index in [1.807, 2.05) is 0 Å². The number of amides is 1. The Morgan fingerprint density at radius 3 is 2.90 bits per heavy atom. The molecule has 0 spiro atoms. The maximum atomic E-state index is 13.0. The number of H-pyrrole nitrogens is 1. The van der Waals surface area contributed by atoms with Gasteiger partial charge in [0, 0.05) is 12.2 Å². The standard InChI is InChI=1S/C15H18FN3O/c1-10(2)6-13-8-14(19-18-13)15(20)17-9-11-4-3-5-12(16)7-11/h3-5,7-8,10H,6,9H2,1-2H3,(H,17,20)(H,18,19). The Morgan fingerprint density at radius 1 is 1.40 bits per heavy atom. The lowest BCUT2D eigenvalue weighted by Crippen LogP contribution is -2.23. The van der Waals surface area contributed by atoms with Gasteiger partial charge in [0.25, 0.3) is 5.91 Å². The van der Waals surface area contributed by atoms with Crippen LogP contribution in [0.3, 0.4) is 0 Å². The summed E-state index contributed by atoms with van der Waals surface area (Å²) in [5.41, 5.74) is 2.02. The number of hydrogen-bond acceptors (Lipinski definition) is 2. The van der Waals surface area contributed by atoms with Gasteiger partial charge in [-0.2, -0.15) is 5.10 Å². The van der Waals surface area contributed by atoms with Crippen LogP contribution in [0.1, 0.15) is 35.6 Å². The number of hydrogen-bond donors (Lipinski definition) is 2. The normalized spacial score (nSPS) is 10.8. The lowest BCUT2D eigenvalue weighted by Gasteiger charge is -2.03. The van der Waals surface area contributed by atoms with Gasteiger partial charge in [-0.1, -0.05) is 26.0 Å². The molecular formula is C15H18FN3O. The largest absolute Gasteiger partial charge is 0.347 e. The van der Waals surface area contributed by atoms with Gasteiger partial charge in [-0.15, -0.1) is 0 Å². The molecule has 1 aromatic heterocycles. The summed E-state index contributed by atoms with van der Waals surface area (Å²) in [7, 11) is 0. The van der Waals surface area contributed by atoms with E-state index in [1.165, 1.54) is 12.1 Å². The van der Waals surface area contributed by atoms with E-state index < -0.39 is 0 Å². The number of aromatic nitrogens is 2. The molecule has 2 N–H and O–H groups in total. The highest BCUT2D eigenvalue weighted by atomic mass is 19.1. The predicted octanol–water partition coefficient (Wildman–Crippen LogP) is 2.68. The number of benzene rings is 1. The molecule has 5 heteroatoms. The summed E-state index contributed by atoms with van der Waals surface area (Å²) in [5.74, 6) is -0.0742. The van der Waals surface area contributed by atoms with Gasteiger partial charge in [0.2, 0.25) is 0 Å². The number of aromatic amines is 1. The molecule has 0 aliphatic rings. The smallest absolute Gasteiger partial charge is 0.272 e. The molecule has 0 bridgehead atoms. The summed E-state index contributed by atoms with van der Waals surface area (Å²) in [6, 6.07) is 7.90. The molecule has 0 radical (unpaired) electrons. The monoisotopic (exact) mass is 275 g/mol. The lowest BCUT2D eigenvalue weighted by atomic mass is 10.1. The van der Waals surface area contributed by atoms with E-state index in [1.54, 1.807) is 18.2 Å². The molecule has 20 heavy (non-hydrogen) atoms. The van der Waals surface area contributed by atoms with Gasteiger partial charge in [-0.25, -0.2) is 4.39 Å². The second kappa shape index (κ2) is 6.32. The highest BCUT2D eigenvalue weighted by Crippen LogP contribution is 2.07. The molecule has 0 aliphatic heterocycles. The van der Waals surface area contributed by atoms with Crippen LogP contribution in [0.5, 0.6) is 0 Å². The zero-order valence-electron chi connectivity index (χ0n) is 11.6. The van der Waals surface area contributed by atoms with Crippen molar-refractivity contribution in [1.29, 1.82) is 0 Å². The molecule has 2 aromatic rings. The topological polar surface area (TPSA) is 57.8 Å². The third-order valence-electron chi connectivity index (χ3n) is 2.83. The van der Waals surface area contributed by atoms with E-state index in [0.29, 0.717) is 11.6 Å². The third kappa shape index (κ3) is 3.91. The summed E-state index contributed by atoms with van der Waals surface area (Å²) in [5, 5.41) is 9.56. The zero-order valence-corrected chi connectivity index (χ0v) is 11.6. The molecule has 106 valence electrons. The Balaban J connectivity index is 1.93. The fraction of sp³-hybridized carbons (Fsp3) is 0.333. The number of nitrogens with zero attached hydrogens (tertiary/aromatic N) is 1. The molecule has 1 amide bonds.